The summed E-state index contributed by atoms with van der Waals surface area (Å²) in [6.07, 6.45) is 5.59. The Balaban J connectivity index is 1.90. The maximum Gasteiger partial charge on any atom is 0.308 e. The quantitative estimate of drug-likeness (QED) is 0.870. The molecule has 0 aromatic heterocycles. The molecule has 2 aliphatic rings. The van der Waals surface area contributed by atoms with E-state index < -0.39 is 5.97 Å². The normalized spacial score (nSPS) is 32.7. The van der Waals surface area contributed by atoms with Gasteiger partial charge in [-0.3, -0.25) is 9.59 Å². The zero-order valence-corrected chi connectivity index (χ0v) is 13.6. The molecule has 1 N–H and O–H groups in total. The molecule has 1 aliphatic heterocycles. The third-order valence-electron chi connectivity index (χ3n) is 5.06. The fraction of sp³-hybridized carbons (Fsp3) is 0.882. The van der Waals surface area contributed by atoms with E-state index in [4.69, 9.17) is 5.11 Å². The number of piperidine rings is 1. The van der Waals surface area contributed by atoms with Gasteiger partial charge in [-0.1, -0.05) is 20.8 Å². The second-order valence-corrected chi connectivity index (χ2v) is 8.00. The van der Waals surface area contributed by atoms with E-state index in [9.17, 15) is 9.59 Å². The Morgan fingerprint density at radius 3 is 2.62 bits per heavy atom. The number of hydrogen-bond acceptors (Lipinski definition) is 2. The molecule has 1 aliphatic carbocycles. The van der Waals surface area contributed by atoms with Crippen molar-refractivity contribution in [1.82, 2.24) is 4.90 Å². The average Bonchev–Trinajstić information content (AvgIpc) is 2.36. The summed E-state index contributed by atoms with van der Waals surface area (Å²) < 4.78 is 0. The molecule has 3 atom stereocenters. The lowest BCUT2D eigenvalue weighted by atomic mass is 9.67. The van der Waals surface area contributed by atoms with Crippen LogP contribution in [-0.2, 0) is 9.59 Å². The zero-order chi connectivity index (χ0) is 15.6. The number of carbonyl (C=O) groups is 2. The second kappa shape index (κ2) is 6.37. The molecular weight excluding hydrogens is 266 g/mol. The molecular formula is C17H29NO3. The third-order valence-corrected chi connectivity index (χ3v) is 5.06. The number of amides is 1. The Kier molecular flexibility index (Phi) is 4.95. The Labute approximate surface area is 127 Å². The number of carbonyl (C=O) groups excluding carboxylic acids is 1. The minimum absolute atomic E-state index is 0.163. The van der Waals surface area contributed by atoms with Crippen molar-refractivity contribution < 1.29 is 14.7 Å². The van der Waals surface area contributed by atoms with Gasteiger partial charge in [-0.15, -0.1) is 0 Å². The molecule has 2 unspecified atom stereocenters. The minimum atomic E-state index is -0.764. The molecule has 4 nitrogen and oxygen atoms in total. The Bertz CT molecular complexity index is 405. The number of nitrogens with zero attached hydrogens (tertiary/aromatic N) is 1. The van der Waals surface area contributed by atoms with Crippen LogP contribution in [0, 0.1) is 23.2 Å². The van der Waals surface area contributed by atoms with Crippen molar-refractivity contribution in [2.45, 2.75) is 59.3 Å². The van der Waals surface area contributed by atoms with E-state index in [2.05, 4.69) is 20.8 Å². The maximum atomic E-state index is 12.5. The van der Waals surface area contributed by atoms with Gasteiger partial charge in [-0.25, -0.2) is 0 Å². The highest BCUT2D eigenvalue weighted by atomic mass is 16.4. The molecule has 21 heavy (non-hydrogen) atoms. The van der Waals surface area contributed by atoms with Gasteiger partial charge < -0.3 is 10.0 Å². The number of carboxylic acids is 1. The molecule has 0 spiro atoms. The molecule has 2 fully saturated rings. The molecule has 1 amide bonds. The molecule has 1 saturated carbocycles. The van der Waals surface area contributed by atoms with Gasteiger partial charge >= 0.3 is 5.97 Å². The summed E-state index contributed by atoms with van der Waals surface area (Å²) in [6, 6.07) is 0. The van der Waals surface area contributed by atoms with Crippen molar-refractivity contribution >= 4 is 11.9 Å². The van der Waals surface area contributed by atoms with Gasteiger partial charge in [-0.2, -0.15) is 0 Å². The van der Waals surface area contributed by atoms with Crippen LogP contribution in [0.1, 0.15) is 59.3 Å². The molecule has 120 valence electrons. The largest absolute Gasteiger partial charge is 0.481 e. The summed E-state index contributed by atoms with van der Waals surface area (Å²) in [4.78, 5) is 25.4. The lowest BCUT2D eigenvalue weighted by Gasteiger charge is -2.40. The minimum Gasteiger partial charge on any atom is -0.481 e. The molecule has 2 rings (SSSR count). The third kappa shape index (κ3) is 4.45. The smallest absolute Gasteiger partial charge is 0.308 e. The molecule has 1 saturated heterocycles. The van der Waals surface area contributed by atoms with E-state index >= 15 is 0 Å². The van der Waals surface area contributed by atoms with Crippen molar-refractivity contribution in [2.75, 3.05) is 13.1 Å². The molecule has 0 radical (unpaired) electrons. The van der Waals surface area contributed by atoms with E-state index in [0.29, 0.717) is 36.6 Å². The number of hydrogen-bond donors (Lipinski definition) is 1. The van der Waals surface area contributed by atoms with E-state index in [1.165, 1.54) is 6.42 Å². The fourth-order valence-electron chi connectivity index (χ4n) is 4.48. The SMILES string of the molecule is CC1CC(CC(=O)N2CCC[C@H](C(=O)O)C2)CC(C)(C)C1. The summed E-state index contributed by atoms with van der Waals surface area (Å²) >= 11 is 0. The van der Waals surface area contributed by atoms with Crippen LogP contribution >= 0.6 is 0 Å². The first-order valence-electron chi connectivity index (χ1n) is 8.27. The fourth-order valence-corrected chi connectivity index (χ4v) is 4.48. The first-order chi connectivity index (χ1) is 9.77. The van der Waals surface area contributed by atoms with E-state index in [-0.39, 0.29) is 11.8 Å². The Morgan fingerprint density at radius 2 is 2.00 bits per heavy atom. The van der Waals surface area contributed by atoms with Gasteiger partial charge in [0.05, 0.1) is 5.92 Å². The molecule has 4 heteroatoms. The molecule has 0 bridgehead atoms. The predicted octanol–water partition coefficient (Wildman–Crippen LogP) is 3.16. The number of rotatable bonds is 3. The van der Waals surface area contributed by atoms with Crippen LogP contribution in [0.5, 0.6) is 0 Å². The summed E-state index contributed by atoms with van der Waals surface area (Å²) in [5.74, 6) is 0.168. The lowest BCUT2D eigenvalue weighted by Crippen LogP contribution is -2.43. The van der Waals surface area contributed by atoms with Crippen LogP contribution in [0.2, 0.25) is 0 Å². The van der Waals surface area contributed by atoms with E-state index in [1.807, 2.05) is 0 Å². The lowest BCUT2D eigenvalue weighted by molar-refractivity contribution is -0.146. The average molecular weight is 295 g/mol. The zero-order valence-electron chi connectivity index (χ0n) is 13.6. The van der Waals surface area contributed by atoms with Gasteiger partial charge in [0.2, 0.25) is 5.91 Å². The van der Waals surface area contributed by atoms with E-state index in [0.717, 1.165) is 25.8 Å². The van der Waals surface area contributed by atoms with Gasteiger partial charge in [0.25, 0.3) is 0 Å². The summed E-state index contributed by atoms with van der Waals surface area (Å²) in [5, 5.41) is 9.12. The van der Waals surface area contributed by atoms with Crippen LogP contribution in [0.25, 0.3) is 0 Å². The van der Waals surface area contributed by atoms with Crippen LogP contribution in [0.15, 0.2) is 0 Å². The van der Waals surface area contributed by atoms with Crippen molar-refractivity contribution in [3.63, 3.8) is 0 Å². The van der Waals surface area contributed by atoms with E-state index in [1.54, 1.807) is 4.90 Å². The highest BCUT2D eigenvalue weighted by Gasteiger charge is 2.35. The first kappa shape index (κ1) is 16.3. The second-order valence-electron chi connectivity index (χ2n) is 8.00. The predicted molar refractivity (Wildman–Crippen MR) is 81.8 cm³/mol. The van der Waals surface area contributed by atoms with Crippen molar-refractivity contribution in [3.8, 4) is 0 Å². The highest BCUT2D eigenvalue weighted by molar-refractivity contribution is 5.78. The molecule has 1 heterocycles. The monoisotopic (exact) mass is 295 g/mol. The van der Waals surface area contributed by atoms with Crippen LogP contribution in [0.3, 0.4) is 0 Å². The van der Waals surface area contributed by atoms with Gasteiger partial charge in [0, 0.05) is 19.5 Å². The van der Waals surface area contributed by atoms with Crippen molar-refractivity contribution in [1.29, 1.82) is 0 Å². The highest BCUT2D eigenvalue weighted by Crippen LogP contribution is 2.43. The number of aliphatic carboxylic acids is 1. The van der Waals surface area contributed by atoms with Gasteiger partial charge in [0.1, 0.15) is 0 Å². The van der Waals surface area contributed by atoms with Crippen LogP contribution < -0.4 is 0 Å². The van der Waals surface area contributed by atoms with Crippen molar-refractivity contribution in [2.24, 2.45) is 23.2 Å². The number of carboxylic acid groups (broad SMARTS) is 1. The maximum absolute atomic E-state index is 12.5. The first-order valence-corrected chi connectivity index (χ1v) is 8.27. The number of likely N-dealkylation sites (tertiary alicyclic amines) is 1. The summed E-state index contributed by atoms with van der Waals surface area (Å²) in [6.45, 7) is 8.00. The molecule has 0 aromatic rings. The van der Waals surface area contributed by atoms with Crippen LogP contribution in [0.4, 0.5) is 0 Å². The summed E-state index contributed by atoms with van der Waals surface area (Å²) in [5.41, 5.74) is 0.327. The van der Waals surface area contributed by atoms with Gasteiger partial charge in [-0.05, 0) is 49.4 Å². The van der Waals surface area contributed by atoms with Crippen LogP contribution in [-0.4, -0.2) is 35.0 Å². The van der Waals surface area contributed by atoms with Gasteiger partial charge in [0.15, 0.2) is 0 Å². The van der Waals surface area contributed by atoms with Crippen molar-refractivity contribution in [3.05, 3.63) is 0 Å². The molecule has 0 aromatic carbocycles. The topological polar surface area (TPSA) is 57.6 Å². The summed E-state index contributed by atoms with van der Waals surface area (Å²) in [7, 11) is 0. The Hall–Kier alpha value is -1.06. The standard InChI is InChI=1S/C17H29NO3/c1-12-7-13(10-17(2,3)9-12)8-15(19)18-6-4-5-14(11-18)16(20)21/h12-14H,4-11H2,1-3H3,(H,20,21)/t12?,13?,14-/m0/s1. The Morgan fingerprint density at radius 1 is 1.29 bits per heavy atom.